The Kier molecular flexibility index (Phi) is 8.92. The van der Waals surface area contributed by atoms with E-state index < -0.39 is 58.1 Å². The van der Waals surface area contributed by atoms with Gasteiger partial charge in [0.1, 0.15) is 11.7 Å². The Hall–Kier alpha value is -2.93. The highest BCUT2D eigenvalue weighted by Gasteiger charge is 2.41. The first-order chi connectivity index (χ1) is 17.6. The number of rotatable bonds is 6. The Bertz CT molecular complexity index is 1330. The molecular weight excluding hydrogens is 656 g/mol. The van der Waals surface area contributed by atoms with E-state index in [0.717, 1.165) is 18.2 Å². The Morgan fingerprint density at radius 3 is 2.05 bits per heavy atom. The summed E-state index contributed by atoms with van der Waals surface area (Å²) >= 11 is 5.55. The smallest absolute Gasteiger partial charge is 0.288 e. The van der Waals surface area contributed by atoms with Crippen LogP contribution < -0.4 is 10.4 Å². The number of nitrogens with zero attached hydrogens (tertiary/aromatic N) is 1. The van der Waals surface area contributed by atoms with Gasteiger partial charge in [-0.3, -0.25) is 15.2 Å². The van der Waals surface area contributed by atoms with Gasteiger partial charge in [-0.2, -0.15) is 26.3 Å². The van der Waals surface area contributed by atoms with Crippen molar-refractivity contribution in [2.24, 2.45) is 0 Å². The van der Waals surface area contributed by atoms with Crippen molar-refractivity contribution in [3.63, 3.8) is 0 Å². The van der Waals surface area contributed by atoms with E-state index in [1.54, 1.807) is 30.3 Å². The molecule has 13 heteroatoms. The standard InChI is InChI=1S/C25H16Br2F8N2O/c1-37(15-5-3-2-4-6-15)36-23(38)16-8-7-13(9-18(16)25(33,34)35)21(28)12-17(24(30,31)32)14-10-19(26)22(29)20(27)11-14/h2-12,17H,1H3,(H,36,38)/b21-12-. The van der Waals surface area contributed by atoms with E-state index in [4.69, 9.17) is 0 Å². The second-order valence-electron chi connectivity index (χ2n) is 7.93. The molecule has 0 spiro atoms. The van der Waals surface area contributed by atoms with Gasteiger partial charge in [-0.15, -0.1) is 0 Å². The van der Waals surface area contributed by atoms with Gasteiger partial charge in [0.25, 0.3) is 5.91 Å². The van der Waals surface area contributed by atoms with Gasteiger partial charge in [0.05, 0.1) is 25.8 Å². The topological polar surface area (TPSA) is 32.3 Å². The second-order valence-corrected chi connectivity index (χ2v) is 9.63. The quantitative estimate of drug-likeness (QED) is 0.161. The number of hydrazine groups is 1. The van der Waals surface area contributed by atoms with Crippen molar-refractivity contribution in [2.75, 3.05) is 12.1 Å². The molecule has 3 aromatic carbocycles. The monoisotopic (exact) mass is 670 g/mol. The molecule has 0 aromatic heterocycles. The maximum atomic E-state index is 15.0. The molecule has 0 aliphatic heterocycles. The lowest BCUT2D eigenvalue weighted by atomic mass is 9.95. The Morgan fingerprint density at radius 1 is 0.947 bits per heavy atom. The van der Waals surface area contributed by atoms with Gasteiger partial charge in [-0.1, -0.05) is 24.3 Å². The van der Waals surface area contributed by atoms with Crippen molar-refractivity contribution in [1.29, 1.82) is 0 Å². The van der Waals surface area contributed by atoms with E-state index in [1.165, 1.54) is 12.1 Å². The van der Waals surface area contributed by atoms with Crippen LogP contribution in [0.25, 0.3) is 5.83 Å². The fourth-order valence-corrected chi connectivity index (χ4v) is 4.65. The normalized spacial score (nSPS) is 13.3. The van der Waals surface area contributed by atoms with Crippen LogP contribution in [0.15, 0.2) is 75.7 Å². The minimum Gasteiger partial charge on any atom is -0.288 e. The maximum absolute atomic E-state index is 15.0. The highest BCUT2D eigenvalue weighted by molar-refractivity contribution is 9.11. The molecule has 1 N–H and O–H groups in total. The lowest BCUT2D eigenvalue weighted by Gasteiger charge is -2.22. The number of hydrogen-bond acceptors (Lipinski definition) is 2. The van der Waals surface area contributed by atoms with Gasteiger partial charge in [-0.25, -0.2) is 8.78 Å². The van der Waals surface area contributed by atoms with Gasteiger partial charge in [0, 0.05) is 12.6 Å². The lowest BCUT2D eigenvalue weighted by molar-refractivity contribution is -0.140. The van der Waals surface area contributed by atoms with E-state index in [9.17, 15) is 35.5 Å². The molecule has 38 heavy (non-hydrogen) atoms. The molecule has 202 valence electrons. The van der Waals surface area contributed by atoms with Crippen LogP contribution >= 0.6 is 31.9 Å². The largest absolute Gasteiger partial charge is 0.417 e. The number of para-hydroxylation sites is 1. The number of carbonyl (C=O) groups is 1. The first kappa shape index (κ1) is 29.6. The van der Waals surface area contributed by atoms with E-state index in [1.807, 2.05) is 0 Å². The van der Waals surface area contributed by atoms with Gasteiger partial charge in [0.15, 0.2) is 5.82 Å². The molecule has 3 aromatic rings. The van der Waals surface area contributed by atoms with E-state index >= 15 is 4.39 Å². The minimum atomic E-state index is -5.13. The first-order valence-electron chi connectivity index (χ1n) is 10.5. The summed E-state index contributed by atoms with van der Waals surface area (Å²) in [6.07, 6.45) is -10.1. The first-order valence-corrected chi connectivity index (χ1v) is 12.1. The van der Waals surface area contributed by atoms with Crippen LogP contribution in [-0.2, 0) is 6.18 Å². The molecule has 3 rings (SSSR count). The summed E-state index contributed by atoms with van der Waals surface area (Å²) in [5.74, 6) is -6.30. The van der Waals surface area contributed by atoms with Crippen LogP contribution in [-0.4, -0.2) is 19.1 Å². The average molecular weight is 672 g/mol. The Balaban J connectivity index is 2.01. The van der Waals surface area contributed by atoms with Crippen molar-refractivity contribution in [3.05, 3.63) is 104 Å². The van der Waals surface area contributed by atoms with Crippen molar-refractivity contribution in [1.82, 2.24) is 5.43 Å². The number of anilines is 1. The van der Waals surface area contributed by atoms with E-state index in [0.29, 0.717) is 11.8 Å². The third-order valence-corrected chi connectivity index (χ3v) is 6.44. The van der Waals surface area contributed by atoms with Gasteiger partial charge in [-0.05, 0) is 79.9 Å². The second kappa shape index (κ2) is 11.4. The van der Waals surface area contributed by atoms with Crippen molar-refractivity contribution >= 4 is 49.3 Å². The molecule has 1 atom stereocenters. The number of nitrogens with one attached hydrogen (secondary N) is 1. The van der Waals surface area contributed by atoms with Crippen molar-refractivity contribution in [3.8, 4) is 0 Å². The predicted molar refractivity (Wildman–Crippen MR) is 133 cm³/mol. The highest BCUT2D eigenvalue weighted by Crippen LogP contribution is 2.41. The molecule has 0 radical (unpaired) electrons. The molecule has 1 unspecified atom stereocenters. The highest BCUT2D eigenvalue weighted by atomic mass is 79.9. The number of carbonyl (C=O) groups excluding carboxylic acids is 1. The summed E-state index contributed by atoms with van der Waals surface area (Å²) < 4.78 is 111. The summed E-state index contributed by atoms with van der Waals surface area (Å²) in [6, 6.07) is 11.4. The SMILES string of the molecule is CN(NC(=O)c1ccc(/C(F)=C/C(c2cc(Br)c(F)c(Br)c2)C(F)(F)F)cc1C(F)(F)F)c1ccccc1. The fraction of sp³-hybridized carbons (Fsp3) is 0.160. The average Bonchev–Trinajstić information content (AvgIpc) is 2.84. The van der Waals surface area contributed by atoms with Crippen LogP contribution in [0.3, 0.4) is 0 Å². The third-order valence-electron chi connectivity index (χ3n) is 5.29. The Labute approximate surface area is 228 Å². The molecule has 1 amide bonds. The zero-order valence-corrected chi connectivity index (χ0v) is 22.2. The summed E-state index contributed by atoms with van der Waals surface area (Å²) in [7, 11) is 1.39. The molecule has 0 bridgehead atoms. The lowest BCUT2D eigenvalue weighted by Crippen LogP contribution is -2.40. The van der Waals surface area contributed by atoms with Crippen molar-refractivity contribution in [2.45, 2.75) is 18.3 Å². The zero-order valence-electron chi connectivity index (χ0n) is 19.1. The van der Waals surface area contributed by atoms with Gasteiger partial charge in [0.2, 0.25) is 0 Å². The molecule has 0 aliphatic carbocycles. The number of alkyl halides is 6. The third kappa shape index (κ3) is 6.93. The fourth-order valence-electron chi connectivity index (χ4n) is 3.43. The molecule has 3 nitrogen and oxygen atoms in total. The summed E-state index contributed by atoms with van der Waals surface area (Å²) in [5, 5.41) is 1.17. The summed E-state index contributed by atoms with van der Waals surface area (Å²) in [5.41, 5.74) is -1.10. The number of benzene rings is 3. The molecule has 0 aliphatic rings. The number of hydrogen-bond donors (Lipinski definition) is 1. The summed E-state index contributed by atoms with van der Waals surface area (Å²) in [6.45, 7) is 0. The van der Waals surface area contributed by atoms with Crippen LogP contribution in [0, 0.1) is 5.82 Å². The minimum absolute atomic E-state index is 0.0878. The zero-order chi connectivity index (χ0) is 28.4. The van der Waals surface area contributed by atoms with Crippen LogP contribution in [0.4, 0.5) is 40.8 Å². The maximum Gasteiger partial charge on any atom is 0.417 e. The predicted octanol–water partition coefficient (Wildman–Crippen LogP) is 8.81. The van der Waals surface area contributed by atoms with Crippen LogP contribution in [0.1, 0.15) is 33.0 Å². The van der Waals surface area contributed by atoms with Crippen LogP contribution in [0.2, 0.25) is 0 Å². The number of halogens is 10. The van der Waals surface area contributed by atoms with Crippen LogP contribution in [0.5, 0.6) is 0 Å². The number of allylic oxidation sites excluding steroid dienone is 1. The van der Waals surface area contributed by atoms with E-state index in [-0.39, 0.29) is 21.1 Å². The molecular formula is C25H16Br2F8N2O. The van der Waals surface area contributed by atoms with Gasteiger partial charge < -0.3 is 0 Å². The van der Waals surface area contributed by atoms with E-state index in [2.05, 4.69) is 37.3 Å². The Morgan fingerprint density at radius 2 is 1.53 bits per heavy atom. The van der Waals surface area contributed by atoms with Crippen molar-refractivity contribution < 1.29 is 39.9 Å². The molecule has 0 saturated heterocycles. The molecule has 0 heterocycles. The number of amides is 1. The molecule has 0 saturated carbocycles. The molecule has 0 fully saturated rings. The van der Waals surface area contributed by atoms with Gasteiger partial charge >= 0.3 is 12.4 Å². The summed E-state index contributed by atoms with van der Waals surface area (Å²) in [4.78, 5) is 12.6.